The summed E-state index contributed by atoms with van der Waals surface area (Å²) < 4.78 is 30.6. The maximum atomic E-state index is 11.7. The van der Waals surface area contributed by atoms with Gasteiger partial charge in [-0.3, -0.25) is 9.35 Å². The molecule has 1 atom stereocenters. The predicted octanol–water partition coefficient (Wildman–Crippen LogP) is 4.98. The highest BCUT2D eigenvalue weighted by atomic mass is 32.2. The molecule has 0 saturated heterocycles. The Bertz CT molecular complexity index is 474. The van der Waals surface area contributed by atoms with Gasteiger partial charge in [0, 0.05) is 5.57 Å². The molecule has 0 heterocycles. The zero-order valence-corrected chi connectivity index (χ0v) is 16.9. The number of nitrogens with one attached hydrogen (secondary N) is 1. The van der Waals surface area contributed by atoms with Gasteiger partial charge in [-0.05, 0) is 19.8 Å². The summed E-state index contributed by atoms with van der Waals surface area (Å²) in [6.07, 6.45) is 15.6. The van der Waals surface area contributed by atoms with Gasteiger partial charge in [0.15, 0.2) is 5.37 Å². The van der Waals surface area contributed by atoms with Crippen LogP contribution in [-0.2, 0) is 14.9 Å². The molecule has 0 rings (SSSR count). The fourth-order valence-electron chi connectivity index (χ4n) is 2.65. The normalized spacial score (nSPS) is 12.8. The van der Waals surface area contributed by atoms with E-state index in [4.69, 9.17) is 4.55 Å². The first-order valence-electron chi connectivity index (χ1n) is 9.74. The minimum absolute atomic E-state index is 0.363. The summed E-state index contributed by atoms with van der Waals surface area (Å²) in [4.78, 5) is 11.7. The summed E-state index contributed by atoms with van der Waals surface area (Å²) in [5, 5.41) is 0.930. The molecule has 5 nitrogen and oxygen atoms in total. The van der Waals surface area contributed by atoms with Crippen molar-refractivity contribution in [3.8, 4) is 0 Å². The van der Waals surface area contributed by atoms with Gasteiger partial charge in [0.1, 0.15) is 0 Å². The molecular weight excluding hydrogens is 338 g/mol. The molecule has 0 bridgehead atoms. The van der Waals surface area contributed by atoms with Crippen LogP contribution in [0.2, 0.25) is 0 Å². The first-order chi connectivity index (χ1) is 11.8. The van der Waals surface area contributed by atoms with Crippen LogP contribution in [0.3, 0.4) is 0 Å². The van der Waals surface area contributed by atoms with Gasteiger partial charge in [0.2, 0.25) is 5.91 Å². The molecule has 0 aliphatic rings. The summed E-state index contributed by atoms with van der Waals surface area (Å²) >= 11 is 0. The van der Waals surface area contributed by atoms with Crippen molar-refractivity contribution in [1.82, 2.24) is 5.32 Å². The van der Waals surface area contributed by atoms with Gasteiger partial charge in [-0.1, -0.05) is 84.1 Å². The SMILES string of the molecule is C=C(CCCCCCCCCCCCCC)C(=O)NC(C)S(=O)(=O)O. The number of hydrogen-bond acceptors (Lipinski definition) is 3. The fourth-order valence-corrected chi connectivity index (χ4v) is 2.91. The van der Waals surface area contributed by atoms with Gasteiger partial charge >= 0.3 is 0 Å². The van der Waals surface area contributed by atoms with E-state index in [-0.39, 0.29) is 0 Å². The Hall–Kier alpha value is -0.880. The van der Waals surface area contributed by atoms with E-state index in [0.717, 1.165) is 19.3 Å². The van der Waals surface area contributed by atoms with Crippen molar-refractivity contribution in [1.29, 1.82) is 0 Å². The summed E-state index contributed by atoms with van der Waals surface area (Å²) in [7, 11) is -4.25. The van der Waals surface area contributed by atoms with Crippen LogP contribution < -0.4 is 5.32 Å². The Balaban J connectivity index is 3.53. The summed E-state index contributed by atoms with van der Waals surface area (Å²) in [6.45, 7) is 7.15. The van der Waals surface area contributed by atoms with E-state index in [1.807, 2.05) is 0 Å². The lowest BCUT2D eigenvalue weighted by molar-refractivity contribution is -0.117. The summed E-state index contributed by atoms with van der Waals surface area (Å²) in [5.41, 5.74) is 0.363. The molecule has 0 aromatic heterocycles. The molecule has 0 fully saturated rings. The topological polar surface area (TPSA) is 83.5 Å². The zero-order valence-electron chi connectivity index (χ0n) is 16.1. The molecular formula is C19H37NO4S. The van der Waals surface area contributed by atoms with E-state index < -0.39 is 21.4 Å². The minimum Gasteiger partial charge on any atom is -0.334 e. The van der Waals surface area contributed by atoms with Crippen LogP contribution in [0.5, 0.6) is 0 Å². The lowest BCUT2D eigenvalue weighted by Gasteiger charge is -2.12. The third kappa shape index (κ3) is 14.0. The maximum Gasteiger partial charge on any atom is 0.285 e. The van der Waals surface area contributed by atoms with E-state index in [1.165, 1.54) is 64.7 Å². The van der Waals surface area contributed by atoms with Gasteiger partial charge < -0.3 is 5.32 Å². The monoisotopic (exact) mass is 375 g/mol. The highest BCUT2D eigenvalue weighted by Crippen LogP contribution is 2.14. The second-order valence-corrected chi connectivity index (χ2v) is 8.61. The van der Waals surface area contributed by atoms with Crippen LogP contribution in [0.4, 0.5) is 0 Å². The van der Waals surface area contributed by atoms with Crippen molar-refractivity contribution < 1.29 is 17.8 Å². The summed E-state index contributed by atoms with van der Waals surface area (Å²) in [6, 6.07) is 0. The van der Waals surface area contributed by atoms with Gasteiger partial charge in [0.05, 0.1) is 0 Å². The Morgan fingerprint density at radius 3 is 1.72 bits per heavy atom. The molecule has 25 heavy (non-hydrogen) atoms. The highest BCUT2D eigenvalue weighted by Gasteiger charge is 2.20. The van der Waals surface area contributed by atoms with Crippen LogP contribution in [0.25, 0.3) is 0 Å². The quantitative estimate of drug-likeness (QED) is 0.226. The number of amides is 1. The Labute approximate surface area is 154 Å². The van der Waals surface area contributed by atoms with Gasteiger partial charge in [0.25, 0.3) is 10.1 Å². The van der Waals surface area contributed by atoms with Crippen molar-refractivity contribution in [3.05, 3.63) is 12.2 Å². The van der Waals surface area contributed by atoms with E-state index in [0.29, 0.717) is 12.0 Å². The first kappa shape index (κ1) is 24.1. The lowest BCUT2D eigenvalue weighted by Crippen LogP contribution is -2.38. The number of carbonyl (C=O) groups is 1. The zero-order chi connectivity index (χ0) is 19.1. The van der Waals surface area contributed by atoms with Crippen LogP contribution in [0.15, 0.2) is 12.2 Å². The van der Waals surface area contributed by atoms with Crippen molar-refractivity contribution in [2.45, 2.75) is 103 Å². The molecule has 0 aromatic rings. The Morgan fingerprint density at radius 2 is 1.32 bits per heavy atom. The first-order valence-corrected chi connectivity index (χ1v) is 11.2. The van der Waals surface area contributed by atoms with Gasteiger partial charge in [-0.15, -0.1) is 0 Å². The van der Waals surface area contributed by atoms with E-state index in [1.54, 1.807) is 0 Å². The highest BCUT2D eigenvalue weighted by molar-refractivity contribution is 7.86. The molecule has 148 valence electrons. The maximum absolute atomic E-state index is 11.7. The second kappa shape index (κ2) is 14.3. The van der Waals surface area contributed by atoms with E-state index >= 15 is 0 Å². The van der Waals surface area contributed by atoms with E-state index in [2.05, 4.69) is 18.8 Å². The average molecular weight is 376 g/mol. The van der Waals surface area contributed by atoms with Crippen LogP contribution >= 0.6 is 0 Å². The Morgan fingerprint density at radius 1 is 0.920 bits per heavy atom. The molecule has 1 unspecified atom stereocenters. The molecule has 0 spiro atoms. The predicted molar refractivity (Wildman–Crippen MR) is 104 cm³/mol. The Kier molecular flexibility index (Phi) is 13.8. The third-order valence-electron chi connectivity index (χ3n) is 4.43. The van der Waals surface area contributed by atoms with Crippen LogP contribution in [0, 0.1) is 0 Å². The fraction of sp³-hybridized carbons (Fsp3) is 0.842. The second-order valence-electron chi connectivity index (χ2n) is 6.87. The average Bonchev–Trinajstić information content (AvgIpc) is 2.54. The van der Waals surface area contributed by atoms with E-state index in [9.17, 15) is 13.2 Å². The van der Waals surface area contributed by atoms with Crippen molar-refractivity contribution in [2.24, 2.45) is 0 Å². The molecule has 1 amide bonds. The standard InChI is InChI=1S/C19H37NO4S/c1-4-5-6-7-8-9-10-11-12-13-14-15-16-17(2)19(21)20-18(3)25(22,23)24/h18H,2,4-16H2,1,3H3,(H,20,21)(H,22,23,24). The molecule has 0 saturated carbocycles. The third-order valence-corrected chi connectivity index (χ3v) is 5.45. The van der Waals surface area contributed by atoms with Crippen molar-refractivity contribution in [3.63, 3.8) is 0 Å². The number of unbranched alkanes of at least 4 members (excludes halogenated alkanes) is 11. The molecule has 6 heteroatoms. The molecule has 0 aliphatic carbocycles. The van der Waals surface area contributed by atoms with Crippen LogP contribution in [-0.4, -0.2) is 24.3 Å². The molecule has 0 aliphatic heterocycles. The van der Waals surface area contributed by atoms with Gasteiger partial charge in [-0.25, -0.2) is 0 Å². The number of hydrogen-bond donors (Lipinski definition) is 2. The number of carbonyl (C=O) groups excluding carboxylic acids is 1. The smallest absolute Gasteiger partial charge is 0.285 e. The molecule has 0 radical (unpaired) electrons. The minimum atomic E-state index is -4.25. The largest absolute Gasteiger partial charge is 0.334 e. The number of rotatable bonds is 16. The lowest BCUT2D eigenvalue weighted by atomic mass is 10.0. The van der Waals surface area contributed by atoms with Crippen molar-refractivity contribution >= 4 is 16.0 Å². The molecule has 0 aromatic carbocycles. The molecule has 2 N–H and O–H groups in total. The van der Waals surface area contributed by atoms with Gasteiger partial charge in [-0.2, -0.15) is 8.42 Å². The van der Waals surface area contributed by atoms with Crippen LogP contribution in [0.1, 0.15) is 97.3 Å². The summed E-state index contributed by atoms with van der Waals surface area (Å²) in [5.74, 6) is -0.506. The van der Waals surface area contributed by atoms with Crippen molar-refractivity contribution in [2.75, 3.05) is 0 Å².